The molecule has 3 rings (SSSR count). The predicted octanol–water partition coefficient (Wildman–Crippen LogP) is 2.92. The minimum Gasteiger partial charge on any atom is -0.465 e. The van der Waals surface area contributed by atoms with Crippen molar-refractivity contribution in [3.63, 3.8) is 0 Å². The standard InChI is InChI=1S/C20H31N3O3/c1-3-25-20(24)23-11-9-22(10-12-23)18-6-4-8-21(16-18)15-17(2)14-19-7-5-13-26-19/h5,7,13-14,18H,3-4,6,8-12,15-16H2,1-2H3. The van der Waals surface area contributed by atoms with E-state index in [1.807, 2.05) is 24.0 Å². The topological polar surface area (TPSA) is 49.2 Å². The molecule has 0 bridgehead atoms. The fourth-order valence-electron chi connectivity index (χ4n) is 3.97. The number of ether oxygens (including phenoxy) is 1. The summed E-state index contributed by atoms with van der Waals surface area (Å²) >= 11 is 0. The maximum atomic E-state index is 11.8. The Morgan fingerprint density at radius 2 is 2.12 bits per heavy atom. The lowest BCUT2D eigenvalue weighted by Gasteiger charge is -2.43. The lowest BCUT2D eigenvalue weighted by Crippen LogP contribution is -2.56. The SMILES string of the molecule is CCOC(=O)N1CCN(C2CCCN(CC(C)=Cc3ccco3)C2)CC1. The van der Waals surface area contributed by atoms with Crippen molar-refractivity contribution in [3.05, 3.63) is 29.7 Å². The molecule has 2 saturated heterocycles. The number of piperazine rings is 1. The molecular formula is C20H31N3O3. The van der Waals surface area contributed by atoms with E-state index in [0.717, 1.165) is 51.6 Å². The highest BCUT2D eigenvalue weighted by Gasteiger charge is 2.29. The molecule has 6 heteroatoms. The average molecular weight is 361 g/mol. The molecule has 26 heavy (non-hydrogen) atoms. The molecule has 1 unspecified atom stereocenters. The number of furan rings is 1. The molecule has 1 aromatic rings. The zero-order valence-corrected chi connectivity index (χ0v) is 16.0. The maximum absolute atomic E-state index is 11.8. The third kappa shape index (κ3) is 5.11. The molecule has 1 atom stereocenters. The molecule has 6 nitrogen and oxygen atoms in total. The van der Waals surface area contributed by atoms with E-state index in [1.54, 1.807) is 6.26 Å². The quantitative estimate of drug-likeness (QED) is 0.807. The van der Waals surface area contributed by atoms with Crippen LogP contribution < -0.4 is 0 Å². The van der Waals surface area contributed by atoms with Crippen LogP contribution in [0.25, 0.3) is 6.08 Å². The Kier molecular flexibility index (Phi) is 6.74. The van der Waals surface area contributed by atoms with Gasteiger partial charge in [-0.1, -0.05) is 5.57 Å². The Bertz CT molecular complexity index is 591. The lowest BCUT2D eigenvalue weighted by atomic mass is 10.0. The highest BCUT2D eigenvalue weighted by Crippen LogP contribution is 2.19. The first kappa shape index (κ1) is 19.0. The summed E-state index contributed by atoms with van der Waals surface area (Å²) in [4.78, 5) is 18.8. The van der Waals surface area contributed by atoms with E-state index in [2.05, 4.69) is 22.8 Å². The van der Waals surface area contributed by atoms with Gasteiger partial charge in [-0.25, -0.2) is 4.79 Å². The summed E-state index contributed by atoms with van der Waals surface area (Å²) < 4.78 is 10.5. The summed E-state index contributed by atoms with van der Waals surface area (Å²) in [5.41, 5.74) is 1.33. The Labute approximate surface area is 156 Å². The van der Waals surface area contributed by atoms with Crippen LogP contribution in [0.1, 0.15) is 32.4 Å². The zero-order valence-electron chi connectivity index (χ0n) is 16.0. The second-order valence-corrected chi connectivity index (χ2v) is 7.26. The second-order valence-electron chi connectivity index (χ2n) is 7.26. The molecule has 0 radical (unpaired) electrons. The number of hydrogen-bond acceptors (Lipinski definition) is 5. The van der Waals surface area contributed by atoms with Gasteiger partial charge in [0.05, 0.1) is 12.9 Å². The van der Waals surface area contributed by atoms with Crippen LogP contribution in [0.5, 0.6) is 0 Å². The van der Waals surface area contributed by atoms with Crippen LogP contribution in [0.4, 0.5) is 4.79 Å². The second kappa shape index (κ2) is 9.24. The van der Waals surface area contributed by atoms with Crippen LogP contribution in [-0.2, 0) is 4.74 Å². The molecule has 1 amide bonds. The van der Waals surface area contributed by atoms with E-state index in [0.29, 0.717) is 12.6 Å². The van der Waals surface area contributed by atoms with Crippen molar-refractivity contribution in [1.29, 1.82) is 0 Å². The lowest BCUT2D eigenvalue weighted by molar-refractivity contribution is 0.0446. The fraction of sp³-hybridized carbons (Fsp3) is 0.650. The molecule has 0 spiro atoms. The first-order valence-electron chi connectivity index (χ1n) is 9.74. The van der Waals surface area contributed by atoms with E-state index in [1.165, 1.54) is 18.4 Å². The van der Waals surface area contributed by atoms with Crippen molar-refractivity contribution in [2.75, 3.05) is 52.4 Å². The number of amides is 1. The summed E-state index contributed by atoms with van der Waals surface area (Å²) in [6.07, 6.45) is 6.15. The number of piperidine rings is 1. The molecule has 2 fully saturated rings. The van der Waals surface area contributed by atoms with E-state index in [-0.39, 0.29) is 6.09 Å². The molecule has 144 valence electrons. The Hall–Kier alpha value is -1.79. The van der Waals surface area contributed by atoms with Crippen molar-refractivity contribution in [1.82, 2.24) is 14.7 Å². The highest BCUT2D eigenvalue weighted by molar-refractivity contribution is 5.67. The average Bonchev–Trinajstić information content (AvgIpc) is 3.15. The summed E-state index contributed by atoms with van der Waals surface area (Å²) in [5.74, 6) is 0.922. The molecule has 3 heterocycles. The smallest absolute Gasteiger partial charge is 0.409 e. The first-order valence-corrected chi connectivity index (χ1v) is 9.74. The van der Waals surface area contributed by atoms with Crippen LogP contribution in [0, 0.1) is 0 Å². The van der Waals surface area contributed by atoms with Crippen LogP contribution in [0.2, 0.25) is 0 Å². The summed E-state index contributed by atoms with van der Waals surface area (Å²) in [6.45, 7) is 11.1. The van der Waals surface area contributed by atoms with Gasteiger partial charge in [-0.05, 0) is 51.4 Å². The van der Waals surface area contributed by atoms with Gasteiger partial charge in [0, 0.05) is 45.3 Å². The van der Waals surface area contributed by atoms with Crippen LogP contribution >= 0.6 is 0 Å². The molecule has 0 aromatic carbocycles. The number of carbonyl (C=O) groups excluding carboxylic acids is 1. The zero-order chi connectivity index (χ0) is 18.4. The predicted molar refractivity (Wildman–Crippen MR) is 102 cm³/mol. The fourth-order valence-corrected chi connectivity index (χ4v) is 3.97. The monoisotopic (exact) mass is 361 g/mol. The van der Waals surface area contributed by atoms with Gasteiger partial charge >= 0.3 is 6.09 Å². The first-order chi connectivity index (χ1) is 12.7. The van der Waals surface area contributed by atoms with Gasteiger partial charge in [0.2, 0.25) is 0 Å². The Balaban J connectivity index is 1.47. The molecule has 1 aromatic heterocycles. The third-order valence-corrected chi connectivity index (χ3v) is 5.24. The van der Waals surface area contributed by atoms with Crippen molar-refractivity contribution in [3.8, 4) is 0 Å². The van der Waals surface area contributed by atoms with E-state index < -0.39 is 0 Å². The largest absolute Gasteiger partial charge is 0.465 e. The maximum Gasteiger partial charge on any atom is 0.409 e. The van der Waals surface area contributed by atoms with E-state index in [9.17, 15) is 4.79 Å². The van der Waals surface area contributed by atoms with Crippen molar-refractivity contribution < 1.29 is 13.9 Å². The van der Waals surface area contributed by atoms with Gasteiger partial charge < -0.3 is 14.1 Å². The number of carbonyl (C=O) groups is 1. The molecule has 2 aliphatic rings. The number of rotatable bonds is 5. The van der Waals surface area contributed by atoms with Crippen LogP contribution in [-0.4, -0.2) is 79.3 Å². The van der Waals surface area contributed by atoms with E-state index >= 15 is 0 Å². The van der Waals surface area contributed by atoms with Gasteiger partial charge in [-0.2, -0.15) is 0 Å². The molecule has 0 N–H and O–H groups in total. The number of hydrogen-bond donors (Lipinski definition) is 0. The minimum absolute atomic E-state index is 0.170. The molecular weight excluding hydrogens is 330 g/mol. The van der Waals surface area contributed by atoms with Crippen molar-refractivity contribution in [2.24, 2.45) is 0 Å². The Morgan fingerprint density at radius 3 is 2.81 bits per heavy atom. The molecule has 2 aliphatic heterocycles. The molecule has 0 aliphatic carbocycles. The normalized spacial score (nSPS) is 23.2. The van der Waals surface area contributed by atoms with Crippen molar-refractivity contribution >= 4 is 12.2 Å². The van der Waals surface area contributed by atoms with Gasteiger partial charge in [0.15, 0.2) is 0 Å². The van der Waals surface area contributed by atoms with Gasteiger partial charge in [0.1, 0.15) is 5.76 Å². The summed E-state index contributed by atoms with van der Waals surface area (Å²) in [7, 11) is 0. The number of nitrogens with zero attached hydrogens (tertiary/aromatic N) is 3. The third-order valence-electron chi connectivity index (χ3n) is 5.24. The summed E-state index contributed by atoms with van der Waals surface area (Å²) in [6, 6.07) is 4.50. The van der Waals surface area contributed by atoms with Gasteiger partial charge in [-0.3, -0.25) is 9.80 Å². The van der Waals surface area contributed by atoms with Gasteiger partial charge in [0.25, 0.3) is 0 Å². The van der Waals surface area contributed by atoms with Crippen molar-refractivity contribution in [2.45, 2.75) is 32.7 Å². The van der Waals surface area contributed by atoms with Gasteiger partial charge in [-0.15, -0.1) is 0 Å². The number of likely N-dealkylation sites (tertiary alicyclic amines) is 1. The van der Waals surface area contributed by atoms with Crippen LogP contribution in [0.3, 0.4) is 0 Å². The van der Waals surface area contributed by atoms with Crippen LogP contribution in [0.15, 0.2) is 28.4 Å². The molecule has 0 saturated carbocycles. The summed E-state index contributed by atoms with van der Waals surface area (Å²) in [5, 5.41) is 0. The highest BCUT2D eigenvalue weighted by atomic mass is 16.6. The Morgan fingerprint density at radius 1 is 1.31 bits per heavy atom. The minimum atomic E-state index is -0.170. The van der Waals surface area contributed by atoms with E-state index in [4.69, 9.17) is 9.15 Å².